The molecule has 7 nitrogen and oxygen atoms in total. The molecule has 2 heterocycles. The van der Waals surface area contributed by atoms with Crippen molar-refractivity contribution < 1.29 is 0 Å². The third-order valence-electron chi connectivity index (χ3n) is 5.27. The number of hydrogen-bond donors (Lipinski definition) is 2. The molecule has 27 heavy (non-hydrogen) atoms. The van der Waals surface area contributed by atoms with Crippen LogP contribution in [-0.4, -0.2) is 73.7 Å². The minimum absolute atomic E-state index is 0.841. The van der Waals surface area contributed by atoms with Crippen molar-refractivity contribution in [1.29, 1.82) is 0 Å². The number of aliphatic imine (C=N–C) groups is 1. The molecule has 0 amide bonds. The van der Waals surface area contributed by atoms with Gasteiger partial charge in [-0.25, -0.2) is 9.97 Å². The van der Waals surface area contributed by atoms with Gasteiger partial charge in [0.25, 0.3) is 0 Å². The molecule has 0 spiro atoms. The Labute approximate surface area is 163 Å². The molecule has 0 unspecified atom stereocenters. The molecule has 1 aromatic heterocycles. The molecule has 0 radical (unpaired) electrons. The molecule has 2 N–H and O–H groups in total. The Hall–Kier alpha value is -2.15. The lowest BCUT2D eigenvalue weighted by Crippen LogP contribution is -2.49. The Morgan fingerprint density at radius 3 is 2.56 bits per heavy atom. The van der Waals surface area contributed by atoms with E-state index in [2.05, 4.69) is 41.5 Å². The number of rotatable bonds is 7. The molecule has 1 aromatic rings. The van der Waals surface area contributed by atoms with Gasteiger partial charge in [0.05, 0.1) is 0 Å². The second-order valence-corrected chi connectivity index (χ2v) is 7.16. The summed E-state index contributed by atoms with van der Waals surface area (Å²) in [7, 11) is 1.84. The van der Waals surface area contributed by atoms with E-state index >= 15 is 0 Å². The van der Waals surface area contributed by atoms with E-state index < -0.39 is 0 Å². The summed E-state index contributed by atoms with van der Waals surface area (Å²) in [6.45, 7) is 6.93. The first kappa shape index (κ1) is 19.6. The van der Waals surface area contributed by atoms with Gasteiger partial charge in [-0.2, -0.15) is 0 Å². The van der Waals surface area contributed by atoms with Gasteiger partial charge in [-0.3, -0.25) is 9.89 Å². The lowest BCUT2D eigenvalue weighted by molar-refractivity contribution is 0.260. The summed E-state index contributed by atoms with van der Waals surface area (Å²) >= 11 is 0. The number of nitrogens with zero attached hydrogens (tertiary/aromatic N) is 5. The minimum Gasteiger partial charge on any atom is -0.356 e. The molecule has 1 aliphatic carbocycles. The van der Waals surface area contributed by atoms with Crippen LogP contribution in [0.4, 0.5) is 5.95 Å². The van der Waals surface area contributed by atoms with Gasteiger partial charge in [0.15, 0.2) is 5.96 Å². The highest BCUT2D eigenvalue weighted by molar-refractivity contribution is 5.79. The van der Waals surface area contributed by atoms with Gasteiger partial charge >= 0.3 is 0 Å². The average molecular weight is 372 g/mol. The zero-order chi connectivity index (χ0) is 18.7. The topological polar surface area (TPSA) is 68.7 Å². The van der Waals surface area contributed by atoms with Gasteiger partial charge in [0, 0.05) is 65.3 Å². The molecule has 2 aliphatic rings. The van der Waals surface area contributed by atoms with Crippen LogP contribution in [0.25, 0.3) is 0 Å². The fourth-order valence-electron chi connectivity index (χ4n) is 3.65. The number of aromatic nitrogens is 2. The van der Waals surface area contributed by atoms with Crippen molar-refractivity contribution in [2.45, 2.75) is 32.1 Å². The van der Waals surface area contributed by atoms with Crippen molar-refractivity contribution >= 4 is 11.9 Å². The van der Waals surface area contributed by atoms with Crippen molar-refractivity contribution in [2.75, 3.05) is 57.8 Å². The standard InChI is InChI=1S/C20H33N7/c1-21-19(22-11-8-18-6-3-2-4-7-18)23-12-13-26-14-16-27(17-15-26)20-24-9-5-10-25-20/h5-6,9-10H,2-4,7-8,11-17H2,1H3,(H2,21,22,23). The summed E-state index contributed by atoms with van der Waals surface area (Å²) in [6, 6.07) is 1.86. The molecule has 148 valence electrons. The van der Waals surface area contributed by atoms with E-state index in [-0.39, 0.29) is 0 Å². The number of guanidine groups is 1. The van der Waals surface area contributed by atoms with Crippen LogP contribution in [0, 0.1) is 0 Å². The van der Waals surface area contributed by atoms with E-state index in [9.17, 15) is 0 Å². The molecular formula is C20H33N7. The van der Waals surface area contributed by atoms with Crippen LogP contribution in [0.3, 0.4) is 0 Å². The fourth-order valence-corrected chi connectivity index (χ4v) is 3.65. The normalized spacial score (nSPS) is 18.9. The first-order chi connectivity index (χ1) is 13.3. The van der Waals surface area contributed by atoms with Gasteiger partial charge in [-0.1, -0.05) is 11.6 Å². The zero-order valence-electron chi connectivity index (χ0n) is 16.5. The van der Waals surface area contributed by atoms with Gasteiger partial charge in [0.1, 0.15) is 0 Å². The molecule has 7 heteroatoms. The third-order valence-corrected chi connectivity index (χ3v) is 5.27. The molecule has 0 aromatic carbocycles. The second-order valence-electron chi connectivity index (χ2n) is 7.16. The van der Waals surface area contributed by atoms with Crippen molar-refractivity contribution in [3.8, 4) is 0 Å². The summed E-state index contributed by atoms with van der Waals surface area (Å²) < 4.78 is 0. The molecule has 3 rings (SSSR count). The SMILES string of the molecule is CN=C(NCCC1=CCCCC1)NCCN1CCN(c2ncccn2)CC1. The highest BCUT2D eigenvalue weighted by Gasteiger charge is 2.18. The summed E-state index contributed by atoms with van der Waals surface area (Å²) in [6.07, 6.45) is 12.4. The van der Waals surface area contributed by atoms with Gasteiger partial charge < -0.3 is 15.5 Å². The van der Waals surface area contributed by atoms with E-state index in [1.54, 1.807) is 5.57 Å². The van der Waals surface area contributed by atoms with Crippen molar-refractivity contribution in [2.24, 2.45) is 4.99 Å². The summed E-state index contributed by atoms with van der Waals surface area (Å²) in [5, 5.41) is 6.87. The summed E-state index contributed by atoms with van der Waals surface area (Å²) in [5.41, 5.74) is 1.60. The highest BCUT2D eigenvalue weighted by atomic mass is 15.3. The Balaban J connectivity index is 1.29. The zero-order valence-corrected chi connectivity index (χ0v) is 16.5. The molecular weight excluding hydrogens is 338 g/mol. The maximum Gasteiger partial charge on any atom is 0.225 e. The van der Waals surface area contributed by atoms with Crippen molar-refractivity contribution in [1.82, 2.24) is 25.5 Å². The van der Waals surface area contributed by atoms with E-state index in [0.717, 1.165) is 64.1 Å². The first-order valence-electron chi connectivity index (χ1n) is 10.2. The molecule has 0 saturated carbocycles. The number of piperazine rings is 1. The van der Waals surface area contributed by atoms with E-state index in [1.165, 1.54) is 25.7 Å². The van der Waals surface area contributed by atoms with Gasteiger partial charge in [0.2, 0.25) is 5.95 Å². The van der Waals surface area contributed by atoms with Crippen molar-refractivity contribution in [3.63, 3.8) is 0 Å². The summed E-state index contributed by atoms with van der Waals surface area (Å²) in [4.78, 5) is 17.8. The Bertz CT molecular complexity index is 606. The maximum atomic E-state index is 4.34. The predicted molar refractivity (Wildman–Crippen MR) is 111 cm³/mol. The lowest BCUT2D eigenvalue weighted by atomic mass is 9.97. The lowest BCUT2D eigenvalue weighted by Gasteiger charge is -2.34. The monoisotopic (exact) mass is 371 g/mol. The van der Waals surface area contributed by atoms with Crippen LogP contribution >= 0.6 is 0 Å². The molecule has 1 fully saturated rings. The quantitative estimate of drug-likeness (QED) is 0.432. The van der Waals surface area contributed by atoms with Gasteiger partial charge in [-0.15, -0.1) is 0 Å². The van der Waals surface area contributed by atoms with Crippen LogP contribution in [-0.2, 0) is 0 Å². The van der Waals surface area contributed by atoms with Crippen LogP contribution in [0.2, 0.25) is 0 Å². The third kappa shape index (κ3) is 6.50. The molecule has 1 saturated heterocycles. The van der Waals surface area contributed by atoms with Crippen LogP contribution in [0.1, 0.15) is 32.1 Å². The molecule has 0 bridgehead atoms. The number of hydrogen-bond acceptors (Lipinski definition) is 5. The van der Waals surface area contributed by atoms with Crippen LogP contribution < -0.4 is 15.5 Å². The Kier molecular flexibility index (Phi) is 7.89. The van der Waals surface area contributed by atoms with Crippen molar-refractivity contribution in [3.05, 3.63) is 30.1 Å². The van der Waals surface area contributed by atoms with E-state index in [4.69, 9.17) is 0 Å². The maximum absolute atomic E-state index is 4.34. The molecule has 1 aliphatic heterocycles. The minimum atomic E-state index is 0.841. The van der Waals surface area contributed by atoms with E-state index in [1.807, 2.05) is 25.5 Å². The summed E-state index contributed by atoms with van der Waals surface area (Å²) in [5.74, 6) is 1.75. The van der Waals surface area contributed by atoms with Gasteiger partial charge in [-0.05, 0) is 38.2 Å². The van der Waals surface area contributed by atoms with Crippen LogP contribution in [0.5, 0.6) is 0 Å². The number of anilines is 1. The van der Waals surface area contributed by atoms with Crippen LogP contribution in [0.15, 0.2) is 35.1 Å². The first-order valence-corrected chi connectivity index (χ1v) is 10.2. The average Bonchev–Trinajstić information content (AvgIpc) is 2.74. The Morgan fingerprint density at radius 1 is 1.07 bits per heavy atom. The number of nitrogens with one attached hydrogen (secondary N) is 2. The highest BCUT2D eigenvalue weighted by Crippen LogP contribution is 2.19. The Morgan fingerprint density at radius 2 is 1.85 bits per heavy atom. The largest absolute Gasteiger partial charge is 0.356 e. The molecule has 0 atom stereocenters. The van der Waals surface area contributed by atoms with E-state index in [0.29, 0.717) is 0 Å². The number of allylic oxidation sites excluding steroid dienone is 1. The fraction of sp³-hybridized carbons (Fsp3) is 0.650. The smallest absolute Gasteiger partial charge is 0.225 e. The predicted octanol–water partition coefficient (Wildman–Crippen LogP) is 1.65. The second kappa shape index (κ2) is 10.9.